The summed E-state index contributed by atoms with van der Waals surface area (Å²) in [6, 6.07) is 0. The van der Waals surface area contributed by atoms with E-state index in [-0.39, 0.29) is 11.8 Å². The van der Waals surface area contributed by atoms with E-state index in [1.165, 1.54) is 12.8 Å². The third kappa shape index (κ3) is 2.98. The van der Waals surface area contributed by atoms with Gasteiger partial charge in [0.05, 0.1) is 5.92 Å². The maximum Gasteiger partial charge on any atom is 0.226 e. The molecule has 82 valence electrons. The van der Waals surface area contributed by atoms with Gasteiger partial charge in [-0.1, -0.05) is 12.8 Å². The normalized spacial score (nSPS) is 17.9. The Bertz CT molecular complexity index is 186. The molecular formula is C11H22N2O. The molecule has 1 rings (SSSR count). The minimum Gasteiger partial charge on any atom is -0.343 e. The Labute approximate surface area is 86.6 Å². The second-order valence-electron chi connectivity index (χ2n) is 4.12. The van der Waals surface area contributed by atoms with Crippen LogP contribution in [0.15, 0.2) is 0 Å². The molecule has 3 nitrogen and oxygen atoms in total. The van der Waals surface area contributed by atoms with Crippen molar-refractivity contribution in [1.82, 2.24) is 4.90 Å². The summed E-state index contributed by atoms with van der Waals surface area (Å²) < 4.78 is 0. The molecule has 0 aromatic carbocycles. The molecule has 1 amide bonds. The molecule has 14 heavy (non-hydrogen) atoms. The molecular weight excluding hydrogens is 176 g/mol. The number of nitrogens with zero attached hydrogens (tertiary/aromatic N) is 1. The number of carbonyl (C=O) groups is 1. The lowest BCUT2D eigenvalue weighted by Gasteiger charge is -2.24. The van der Waals surface area contributed by atoms with Crippen LogP contribution in [-0.2, 0) is 4.79 Å². The summed E-state index contributed by atoms with van der Waals surface area (Å²) in [5.74, 6) is 1.11. The van der Waals surface area contributed by atoms with Gasteiger partial charge in [-0.15, -0.1) is 0 Å². The van der Waals surface area contributed by atoms with Crippen LogP contribution < -0.4 is 5.73 Å². The molecule has 1 aliphatic rings. The quantitative estimate of drug-likeness (QED) is 0.697. The lowest BCUT2D eigenvalue weighted by Crippen LogP contribution is -2.39. The summed E-state index contributed by atoms with van der Waals surface area (Å²) in [7, 11) is 0. The molecule has 2 N–H and O–H groups in total. The van der Waals surface area contributed by atoms with Gasteiger partial charge in [0.2, 0.25) is 5.91 Å². The van der Waals surface area contributed by atoms with Crippen molar-refractivity contribution in [3.8, 4) is 0 Å². The zero-order valence-electron chi connectivity index (χ0n) is 9.33. The molecule has 0 bridgehead atoms. The maximum atomic E-state index is 11.9. The molecule has 0 aromatic heterocycles. The van der Waals surface area contributed by atoms with Crippen LogP contribution >= 0.6 is 0 Å². The summed E-state index contributed by atoms with van der Waals surface area (Å²) in [4.78, 5) is 13.8. The monoisotopic (exact) mass is 198 g/mol. The van der Waals surface area contributed by atoms with Crippen molar-refractivity contribution < 1.29 is 4.79 Å². The van der Waals surface area contributed by atoms with E-state index in [9.17, 15) is 4.79 Å². The lowest BCUT2D eigenvalue weighted by atomic mass is 10.0. The topological polar surface area (TPSA) is 46.3 Å². The van der Waals surface area contributed by atoms with Gasteiger partial charge >= 0.3 is 0 Å². The van der Waals surface area contributed by atoms with Crippen LogP contribution in [0.25, 0.3) is 0 Å². The van der Waals surface area contributed by atoms with Gasteiger partial charge in [-0.2, -0.15) is 0 Å². The highest BCUT2D eigenvalue weighted by Crippen LogP contribution is 2.35. The first kappa shape index (κ1) is 11.5. The summed E-state index contributed by atoms with van der Waals surface area (Å²) in [6.07, 6.45) is 3.59. The van der Waals surface area contributed by atoms with E-state index in [1.807, 2.05) is 18.7 Å². The zero-order chi connectivity index (χ0) is 10.6. The number of carbonyl (C=O) groups excluding carboxylic acids is 1. The van der Waals surface area contributed by atoms with E-state index in [0.717, 1.165) is 25.4 Å². The van der Waals surface area contributed by atoms with Gasteiger partial charge < -0.3 is 10.6 Å². The summed E-state index contributed by atoms with van der Waals surface area (Å²) in [6.45, 7) is 6.15. The second-order valence-corrected chi connectivity index (χ2v) is 4.12. The van der Waals surface area contributed by atoms with Crippen molar-refractivity contribution in [2.24, 2.45) is 17.6 Å². The van der Waals surface area contributed by atoms with Crippen molar-refractivity contribution in [3.05, 3.63) is 0 Å². The highest BCUT2D eigenvalue weighted by molar-refractivity contribution is 5.79. The Balaban J connectivity index is 2.43. The number of nitrogens with two attached hydrogens (primary N) is 1. The Hall–Kier alpha value is -0.570. The fraction of sp³-hybridized carbons (Fsp3) is 0.909. The van der Waals surface area contributed by atoms with Gasteiger partial charge in [0.1, 0.15) is 0 Å². The predicted octanol–water partition coefficient (Wildman–Crippen LogP) is 1.23. The van der Waals surface area contributed by atoms with E-state index < -0.39 is 0 Å². The first-order valence-electron chi connectivity index (χ1n) is 5.71. The van der Waals surface area contributed by atoms with Crippen LogP contribution in [0.5, 0.6) is 0 Å². The molecule has 1 fully saturated rings. The Kier molecular flexibility index (Phi) is 4.39. The van der Waals surface area contributed by atoms with Crippen LogP contribution in [0.1, 0.15) is 33.1 Å². The van der Waals surface area contributed by atoms with Crippen molar-refractivity contribution in [1.29, 1.82) is 0 Å². The number of hydrogen-bond donors (Lipinski definition) is 1. The second kappa shape index (κ2) is 5.35. The summed E-state index contributed by atoms with van der Waals surface area (Å²) >= 11 is 0. The number of hydrogen-bond acceptors (Lipinski definition) is 2. The fourth-order valence-electron chi connectivity index (χ4n) is 1.85. The standard InChI is InChI=1S/C11H22N2O/c1-3-13(4-2)11(14)10(8-12)7-9-5-6-9/h9-10H,3-8,12H2,1-2H3. The van der Waals surface area contributed by atoms with Crippen molar-refractivity contribution in [3.63, 3.8) is 0 Å². The van der Waals surface area contributed by atoms with Crippen molar-refractivity contribution >= 4 is 5.91 Å². The fourth-order valence-corrected chi connectivity index (χ4v) is 1.85. The van der Waals surface area contributed by atoms with Crippen LogP contribution in [0.4, 0.5) is 0 Å². The molecule has 0 spiro atoms. The molecule has 1 saturated carbocycles. The predicted molar refractivity (Wildman–Crippen MR) is 57.8 cm³/mol. The highest BCUT2D eigenvalue weighted by Gasteiger charge is 2.29. The molecule has 0 radical (unpaired) electrons. The molecule has 0 aliphatic heterocycles. The maximum absolute atomic E-state index is 11.9. The van der Waals surface area contributed by atoms with Crippen LogP contribution in [0.2, 0.25) is 0 Å². The number of amides is 1. The van der Waals surface area contributed by atoms with Gasteiger partial charge in [0, 0.05) is 19.6 Å². The van der Waals surface area contributed by atoms with Crippen LogP contribution in [-0.4, -0.2) is 30.4 Å². The number of rotatable bonds is 6. The zero-order valence-corrected chi connectivity index (χ0v) is 9.33. The molecule has 0 aromatic rings. The van der Waals surface area contributed by atoms with Crippen molar-refractivity contribution in [2.75, 3.05) is 19.6 Å². The van der Waals surface area contributed by atoms with Gasteiger partial charge in [0.25, 0.3) is 0 Å². The average molecular weight is 198 g/mol. The minimum atomic E-state index is 0.0717. The Morgan fingerprint density at radius 3 is 2.36 bits per heavy atom. The lowest BCUT2D eigenvalue weighted by molar-refractivity contribution is -0.135. The first-order chi connectivity index (χ1) is 6.72. The van der Waals surface area contributed by atoms with E-state index in [0.29, 0.717) is 6.54 Å². The molecule has 1 atom stereocenters. The van der Waals surface area contributed by atoms with Gasteiger partial charge in [-0.25, -0.2) is 0 Å². The average Bonchev–Trinajstić information content (AvgIpc) is 2.99. The summed E-state index contributed by atoms with van der Waals surface area (Å²) in [5.41, 5.74) is 5.65. The molecule has 1 unspecified atom stereocenters. The largest absolute Gasteiger partial charge is 0.343 e. The molecule has 3 heteroatoms. The molecule has 1 aliphatic carbocycles. The van der Waals surface area contributed by atoms with Crippen LogP contribution in [0, 0.1) is 11.8 Å². The highest BCUT2D eigenvalue weighted by atomic mass is 16.2. The third-order valence-corrected chi connectivity index (χ3v) is 3.02. The van der Waals surface area contributed by atoms with E-state index in [4.69, 9.17) is 5.73 Å². The Morgan fingerprint density at radius 2 is 2.00 bits per heavy atom. The molecule has 0 heterocycles. The van der Waals surface area contributed by atoms with E-state index in [2.05, 4.69) is 0 Å². The van der Waals surface area contributed by atoms with Gasteiger partial charge in [-0.3, -0.25) is 4.79 Å². The first-order valence-corrected chi connectivity index (χ1v) is 5.71. The molecule has 0 saturated heterocycles. The van der Waals surface area contributed by atoms with Gasteiger partial charge in [-0.05, 0) is 26.2 Å². The Morgan fingerprint density at radius 1 is 1.43 bits per heavy atom. The minimum absolute atomic E-state index is 0.0717. The third-order valence-electron chi connectivity index (χ3n) is 3.02. The van der Waals surface area contributed by atoms with E-state index in [1.54, 1.807) is 0 Å². The summed E-state index contributed by atoms with van der Waals surface area (Å²) in [5, 5.41) is 0. The van der Waals surface area contributed by atoms with E-state index >= 15 is 0 Å². The van der Waals surface area contributed by atoms with Gasteiger partial charge in [0.15, 0.2) is 0 Å². The SMILES string of the molecule is CCN(CC)C(=O)C(CN)CC1CC1. The van der Waals surface area contributed by atoms with Crippen LogP contribution in [0.3, 0.4) is 0 Å². The smallest absolute Gasteiger partial charge is 0.226 e. The van der Waals surface area contributed by atoms with Crippen molar-refractivity contribution in [2.45, 2.75) is 33.1 Å².